The van der Waals surface area contributed by atoms with E-state index in [4.69, 9.17) is 17.0 Å². The lowest BCUT2D eigenvalue weighted by Crippen LogP contribution is -2.30. The lowest BCUT2D eigenvalue weighted by molar-refractivity contribution is -0.118. The summed E-state index contributed by atoms with van der Waals surface area (Å²) < 4.78 is 5.97. The van der Waals surface area contributed by atoms with Crippen LogP contribution >= 0.6 is 24.0 Å². The topological polar surface area (TPSA) is 41.6 Å². The Kier molecular flexibility index (Phi) is 6.99. The molecule has 0 aliphatic carbocycles. The van der Waals surface area contributed by atoms with Gasteiger partial charge in [-0.2, -0.15) is 0 Å². The summed E-state index contributed by atoms with van der Waals surface area (Å²) in [7, 11) is 1.65. The van der Waals surface area contributed by atoms with Crippen LogP contribution in [-0.2, 0) is 11.2 Å². The number of likely N-dealkylation sites (tertiary alicyclic amines) is 1. The molecule has 0 saturated carbocycles. The second-order valence-corrected chi connectivity index (χ2v) is 6.81. The first-order valence-corrected chi connectivity index (χ1v) is 8.90. The summed E-state index contributed by atoms with van der Waals surface area (Å²) >= 11 is 6.80. The van der Waals surface area contributed by atoms with Crippen LogP contribution in [0.1, 0.15) is 18.4 Å². The van der Waals surface area contributed by atoms with Crippen LogP contribution in [0.25, 0.3) is 0 Å². The molecule has 120 valence electrons. The minimum Gasteiger partial charge on any atom is -0.497 e. The van der Waals surface area contributed by atoms with Crippen molar-refractivity contribution in [2.24, 2.45) is 0 Å². The monoisotopic (exact) mass is 338 g/mol. The molecule has 1 saturated heterocycles. The maximum atomic E-state index is 11.8. The summed E-state index contributed by atoms with van der Waals surface area (Å²) in [6, 6.07) is 7.90. The highest BCUT2D eigenvalue weighted by Gasteiger charge is 2.15. The van der Waals surface area contributed by atoms with E-state index in [0.29, 0.717) is 12.3 Å². The van der Waals surface area contributed by atoms with Gasteiger partial charge in [0.1, 0.15) is 10.1 Å². The summed E-state index contributed by atoms with van der Waals surface area (Å²) in [5, 5.41) is 2.94. The number of amides is 1. The number of hydrogen-bond donors (Lipinski definition) is 1. The Labute approximate surface area is 141 Å². The molecule has 2 rings (SSSR count). The molecule has 0 atom stereocenters. The predicted molar refractivity (Wildman–Crippen MR) is 95.6 cm³/mol. The number of nitrogens with zero attached hydrogens (tertiary/aromatic N) is 1. The molecule has 22 heavy (non-hydrogen) atoms. The van der Waals surface area contributed by atoms with Gasteiger partial charge in [-0.25, -0.2) is 0 Å². The van der Waals surface area contributed by atoms with Crippen molar-refractivity contribution in [1.82, 2.24) is 10.2 Å². The van der Waals surface area contributed by atoms with Crippen LogP contribution in [0, 0.1) is 0 Å². The summed E-state index contributed by atoms with van der Waals surface area (Å²) in [5.41, 5.74) is 1.18. The number of nitrogens with one attached hydrogen (secondary N) is 1. The van der Waals surface area contributed by atoms with Crippen molar-refractivity contribution in [1.29, 1.82) is 0 Å². The van der Waals surface area contributed by atoms with Gasteiger partial charge in [-0.05, 0) is 37.0 Å². The summed E-state index contributed by atoms with van der Waals surface area (Å²) in [4.78, 5) is 14.0. The van der Waals surface area contributed by atoms with Crippen LogP contribution in [0.15, 0.2) is 24.3 Å². The zero-order valence-corrected chi connectivity index (χ0v) is 14.5. The second-order valence-electron chi connectivity index (χ2n) is 5.20. The van der Waals surface area contributed by atoms with Gasteiger partial charge in [-0.1, -0.05) is 36.1 Å². The molecule has 4 nitrogen and oxygen atoms in total. The van der Waals surface area contributed by atoms with Gasteiger partial charge >= 0.3 is 0 Å². The molecule has 1 aliphatic heterocycles. The highest BCUT2D eigenvalue weighted by Crippen LogP contribution is 2.16. The van der Waals surface area contributed by atoms with E-state index in [1.807, 2.05) is 24.3 Å². The second kappa shape index (κ2) is 9.00. The van der Waals surface area contributed by atoms with Crippen molar-refractivity contribution in [2.75, 3.05) is 32.5 Å². The molecule has 1 aliphatic rings. The number of thioether (sulfide) groups is 1. The van der Waals surface area contributed by atoms with Crippen molar-refractivity contribution in [3.63, 3.8) is 0 Å². The molecule has 0 bridgehead atoms. The van der Waals surface area contributed by atoms with Crippen LogP contribution in [0.5, 0.6) is 5.75 Å². The fourth-order valence-electron chi connectivity index (χ4n) is 2.31. The fraction of sp³-hybridized carbons (Fsp3) is 0.500. The lowest BCUT2D eigenvalue weighted by atomic mass is 10.1. The largest absolute Gasteiger partial charge is 0.497 e. The molecule has 1 N–H and O–H groups in total. The molecule has 1 aromatic rings. The zero-order valence-electron chi connectivity index (χ0n) is 12.8. The molecule has 6 heteroatoms. The van der Waals surface area contributed by atoms with E-state index in [0.717, 1.165) is 29.6 Å². The van der Waals surface area contributed by atoms with Crippen molar-refractivity contribution >= 4 is 34.2 Å². The standard InChI is InChI=1S/C16H22N2O2S2/c1-20-14-6-4-13(5-7-14)8-9-17-15(19)12-22-16(21)18-10-2-3-11-18/h4-7H,2-3,8-12H2,1H3,(H,17,19). The van der Waals surface area contributed by atoms with E-state index in [2.05, 4.69) is 10.2 Å². The van der Waals surface area contributed by atoms with Crippen LogP contribution < -0.4 is 10.1 Å². The maximum Gasteiger partial charge on any atom is 0.230 e. The van der Waals surface area contributed by atoms with Gasteiger partial charge in [0.25, 0.3) is 0 Å². The Hall–Kier alpha value is -1.27. The molecule has 1 fully saturated rings. The molecular weight excluding hydrogens is 316 g/mol. The number of carbonyl (C=O) groups excluding carboxylic acids is 1. The minimum absolute atomic E-state index is 0.0417. The van der Waals surface area contributed by atoms with Crippen LogP contribution in [-0.4, -0.2) is 47.6 Å². The van der Waals surface area contributed by atoms with Crippen molar-refractivity contribution in [2.45, 2.75) is 19.3 Å². The third-order valence-corrected chi connectivity index (χ3v) is 5.11. The number of hydrogen-bond acceptors (Lipinski definition) is 4. The SMILES string of the molecule is COc1ccc(CCNC(=O)CSC(=S)N2CCCC2)cc1. The summed E-state index contributed by atoms with van der Waals surface area (Å²) in [6.07, 6.45) is 3.22. The Morgan fingerprint density at radius 3 is 2.64 bits per heavy atom. The average Bonchev–Trinajstić information content (AvgIpc) is 3.08. The van der Waals surface area contributed by atoms with Crippen molar-refractivity contribution < 1.29 is 9.53 Å². The van der Waals surface area contributed by atoms with E-state index in [1.54, 1.807) is 7.11 Å². The Balaban J connectivity index is 1.61. The average molecular weight is 338 g/mol. The highest BCUT2D eigenvalue weighted by atomic mass is 32.2. The van der Waals surface area contributed by atoms with Crippen LogP contribution in [0.4, 0.5) is 0 Å². The molecule has 0 aromatic heterocycles. The molecule has 0 unspecified atom stereocenters. The first-order chi connectivity index (χ1) is 10.7. The summed E-state index contributed by atoms with van der Waals surface area (Å²) in [6.45, 7) is 2.71. The Morgan fingerprint density at radius 2 is 2.00 bits per heavy atom. The quantitative estimate of drug-likeness (QED) is 0.807. The van der Waals surface area contributed by atoms with Crippen molar-refractivity contribution in [3.05, 3.63) is 29.8 Å². The van der Waals surface area contributed by atoms with Gasteiger partial charge in [0.05, 0.1) is 12.9 Å². The Bertz CT molecular complexity index is 499. The van der Waals surface area contributed by atoms with Gasteiger partial charge in [-0.3, -0.25) is 4.79 Å². The van der Waals surface area contributed by atoms with Crippen LogP contribution in [0.3, 0.4) is 0 Å². The smallest absolute Gasteiger partial charge is 0.230 e. The number of thiocarbonyl (C=S) groups is 1. The number of carbonyl (C=O) groups is 1. The first-order valence-electron chi connectivity index (χ1n) is 7.50. The van der Waals surface area contributed by atoms with Crippen LogP contribution in [0.2, 0.25) is 0 Å². The number of benzene rings is 1. The van der Waals surface area contributed by atoms with Gasteiger partial charge in [0, 0.05) is 19.6 Å². The van der Waals surface area contributed by atoms with E-state index < -0.39 is 0 Å². The molecule has 0 radical (unpaired) electrons. The fourth-order valence-corrected chi connectivity index (χ4v) is 3.39. The third kappa shape index (κ3) is 5.50. The van der Waals surface area contributed by atoms with E-state index >= 15 is 0 Å². The molecular formula is C16H22N2O2S2. The first kappa shape index (κ1) is 17.1. The lowest BCUT2D eigenvalue weighted by Gasteiger charge is -2.17. The molecule has 1 amide bonds. The third-order valence-electron chi connectivity index (χ3n) is 3.59. The molecule has 1 heterocycles. The molecule has 1 aromatic carbocycles. The van der Waals surface area contributed by atoms with Gasteiger partial charge in [0.15, 0.2) is 0 Å². The highest BCUT2D eigenvalue weighted by molar-refractivity contribution is 8.23. The maximum absolute atomic E-state index is 11.8. The van der Waals surface area contributed by atoms with Gasteiger partial charge in [0.2, 0.25) is 5.91 Å². The van der Waals surface area contributed by atoms with Gasteiger partial charge in [-0.15, -0.1) is 0 Å². The van der Waals surface area contributed by atoms with Crippen molar-refractivity contribution in [3.8, 4) is 5.75 Å². The minimum atomic E-state index is 0.0417. The van der Waals surface area contributed by atoms with E-state index in [1.165, 1.54) is 30.2 Å². The zero-order chi connectivity index (χ0) is 15.8. The Morgan fingerprint density at radius 1 is 1.32 bits per heavy atom. The van der Waals surface area contributed by atoms with E-state index in [9.17, 15) is 4.79 Å². The normalized spacial score (nSPS) is 14.0. The number of rotatable bonds is 6. The predicted octanol–water partition coefficient (Wildman–Crippen LogP) is 2.47. The number of methoxy groups -OCH3 is 1. The van der Waals surface area contributed by atoms with Gasteiger partial charge < -0.3 is 15.0 Å². The number of ether oxygens (including phenoxy) is 1. The van der Waals surface area contributed by atoms with E-state index in [-0.39, 0.29) is 5.91 Å². The summed E-state index contributed by atoms with van der Waals surface area (Å²) in [5.74, 6) is 1.29. The molecule has 0 spiro atoms.